The van der Waals surface area contributed by atoms with Gasteiger partial charge >= 0.3 is 6.03 Å². The van der Waals surface area contributed by atoms with Crippen LogP contribution in [0.15, 0.2) is 66.7 Å². The number of ether oxygens (including phenoxy) is 1. The lowest BCUT2D eigenvalue weighted by atomic mass is 10.1. The summed E-state index contributed by atoms with van der Waals surface area (Å²) in [6, 6.07) is 21.5. The van der Waals surface area contributed by atoms with Crippen molar-refractivity contribution >= 4 is 17.8 Å². The molecule has 38 heavy (non-hydrogen) atoms. The molecule has 1 saturated heterocycles. The van der Waals surface area contributed by atoms with Gasteiger partial charge in [0.05, 0.1) is 12.8 Å². The summed E-state index contributed by atoms with van der Waals surface area (Å²) >= 11 is 0. The second-order valence-corrected chi connectivity index (χ2v) is 9.27. The maximum Gasteiger partial charge on any atom is 0.317 e. The van der Waals surface area contributed by atoms with E-state index in [1.807, 2.05) is 78.6 Å². The van der Waals surface area contributed by atoms with E-state index in [9.17, 15) is 9.59 Å². The number of anilines is 1. The van der Waals surface area contributed by atoms with Gasteiger partial charge in [-0.25, -0.2) is 4.79 Å². The fourth-order valence-corrected chi connectivity index (χ4v) is 4.38. The maximum absolute atomic E-state index is 13.1. The number of piperazine rings is 1. The molecule has 0 saturated carbocycles. The van der Waals surface area contributed by atoms with E-state index < -0.39 is 0 Å². The Hall–Kier alpha value is -4.14. The lowest BCUT2D eigenvalue weighted by Crippen LogP contribution is -2.53. The zero-order valence-electron chi connectivity index (χ0n) is 22.2. The average molecular weight is 517 g/mol. The monoisotopic (exact) mass is 516 g/mol. The Morgan fingerprint density at radius 2 is 1.76 bits per heavy atom. The zero-order chi connectivity index (χ0) is 26.7. The van der Waals surface area contributed by atoms with Crippen molar-refractivity contribution in [1.82, 2.24) is 25.3 Å². The molecule has 1 aliphatic rings. The molecule has 1 fully saturated rings. The quantitative estimate of drug-likeness (QED) is 0.444. The molecular weight excluding hydrogens is 480 g/mol. The van der Waals surface area contributed by atoms with Gasteiger partial charge in [-0.3, -0.25) is 4.79 Å². The predicted octanol–water partition coefficient (Wildman–Crippen LogP) is 3.47. The van der Waals surface area contributed by atoms with E-state index in [0.717, 1.165) is 34.8 Å². The van der Waals surface area contributed by atoms with Gasteiger partial charge < -0.3 is 24.8 Å². The first-order valence-corrected chi connectivity index (χ1v) is 13.1. The topological polar surface area (TPSA) is 90.9 Å². The summed E-state index contributed by atoms with van der Waals surface area (Å²) in [4.78, 5) is 31.5. The van der Waals surface area contributed by atoms with Gasteiger partial charge in [-0.2, -0.15) is 0 Å². The van der Waals surface area contributed by atoms with E-state index in [4.69, 9.17) is 4.74 Å². The average Bonchev–Trinajstić information content (AvgIpc) is 2.98. The van der Waals surface area contributed by atoms with Crippen LogP contribution in [0.4, 0.5) is 10.6 Å². The van der Waals surface area contributed by atoms with Gasteiger partial charge in [0.2, 0.25) is 5.91 Å². The van der Waals surface area contributed by atoms with E-state index in [0.29, 0.717) is 45.7 Å². The number of aromatic nitrogens is 2. The molecule has 9 nitrogen and oxygen atoms in total. The molecule has 0 spiro atoms. The number of urea groups is 1. The van der Waals surface area contributed by atoms with Crippen LogP contribution < -0.4 is 15.0 Å². The molecule has 1 aliphatic heterocycles. The Bertz CT molecular complexity index is 1180. The standard InChI is InChI=1S/C29H36N6O3/c1-3-15-30-29(37)35(16-14-23-8-5-4-6-9-23)22-28(36)34-19-17-33(18-20-34)27-13-12-26(31-32-27)24-10-7-11-25(21-24)38-2/h4-13,21H,3,14-20,22H2,1-2H3,(H,30,37). The van der Waals surface area contributed by atoms with E-state index in [2.05, 4.69) is 20.4 Å². The fraction of sp³-hybridized carbons (Fsp3) is 0.379. The lowest BCUT2D eigenvalue weighted by molar-refractivity contribution is -0.132. The summed E-state index contributed by atoms with van der Waals surface area (Å²) in [7, 11) is 1.64. The highest BCUT2D eigenvalue weighted by Gasteiger charge is 2.25. The van der Waals surface area contributed by atoms with Gasteiger partial charge in [0.25, 0.3) is 0 Å². The first kappa shape index (κ1) is 26.9. The molecule has 4 rings (SSSR count). The van der Waals surface area contributed by atoms with E-state index >= 15 is 0 Å². The lowest BCUT2D eigenvalue weighted by Gasteiger charge is -2.36. The van der Waals surface area contributed by atoms with Crippen molar-refractivity contribution in [3.8, 4) is 17.0 Å². The summed E-state index contributed by atoms with van der Waals surface area (Å²) in [6.07, 6.45) is 1.55. The molecule has 200 valence electrons. The molecule has 0 bridgehead atoms. The van der Waals surface area contributed by atoms with Crippen LogP contribution in [0.2, 0.25) is 0 Å². The van der Waals surface area contributed by atoms with Crippen LogP contribution in [-0.4, -0.2) is 84.9 Å². The molecular formula is C29H36N6O3. The van der Waals surface area contributed by atoms with E-state index in [-0.39, 0.29) is 18.5 Å². The molecule has 3 aromatic rings. The van der Waals surface area contributed by atoms with E-state index in [1.54, 1.807) is 12.0 Å². The number of rotatable bonds is 10. The second kappa shape index (κ2) is 13.4. The molecule has 1 aromatic heterocycles. The van der Waals surface area contributed by atoms with Crippen LogP contribution in [0.5, 0.6) is 5.75 Å². The van der Waals surface area contributed by atoms with Crippen LogP contribution in [0.1, 0.15) is 18.9 Å². The number of amides is 3. The second-order valence-electron chi connectivity index (χ2n) is 9.27. The van der Waals surface area contributed by atoms with Crippen molar-refractivity contribution < 1.29 is 14.3 Å². The first-order chi connectivity index (χ1) is 18.6. The molecule has 0 atom stereocenters. The molecule has 2 aromatic carbocycles. The molecule has 2 heterocycles. The highest BCUT2D eigenvalue weighted by molar-refractivity contribution is 5.84. The normalized spacial score (nSPS) is 13.2. The Balaban J connectivity index is 1.31. The van der Waals surface area contributed by atoms with Crippen LogP contribution >= 0.6 is 0 Å². The first-order valence-electron chi connectivity index (χ1n) is 13.1. The molecule has 0 radical (unpaired) electrons. The number of carbonyl (C=O) groups excluding carboxylic acids is 2. The Morgan fingerprint density at radius 1 is 0.974 bits per heavy atom. The Kier molecular flexibility index (Phi) is 9.50. The van der Waals surface area contributed by atoms with Gasteiger partial charge in [0.15, 0.2) is 5.82 Å². The van der Waals surface area contributed by atoms with Crippen LogP contribution in [-0.2, 0) is 11.2 Å². The summed E-state index contributed by atoms with van der Waals surface area (Å²) in [5.74, 6) is 1.52. The molecule has 1 N–H and O–H groups in total. The van der Waals surface area contributed by atoms with Gasteiger partial charge in [0.1, 0.15) is 12.3 Å². The summed E-state index contributed by atoms with van der Waals surface area (Å²) in [5.41, 5.74) is 2.86. The summed E-state index contributed by atoms with van der Waals surface area (Å²) < 4.78 is 5.30. The van der Waals surface area contributed by atoms with Crippen molar-refractivity contribution in [2.45, 2.75) is 19.8 Å². The zero-order valence-corrected chi connectivity index (χ0v) is 22.2. The number of carbonyl (C=O) groups is 2. The number of nitrogens with one attached hydrogen (secondary N) is 1. The highest BCUT2D eigenvalue weighted by atomic mass is 16.5. The third-order valence-corrected chi connectivity index (χ3v) is 6.63. The van der Waals surface area contributed by atoms with Crippen LogP contribution in [0.25, 0.3) is 11.3 Å². The van der Waals surface area contributed by atoms with Crippen LogP contribution in [0, 0.1) is 0 Å². The van der Waals surface area contributed by atoms with E-state index in [1.165, 1.54) is 0 Å². The SMILES string of the molecule is CCCNC(=O)N(CCc1ccccc1)CC(=O)N1CCN(c2ccc(-c3cccc(OC)c3)nn2)CC1. The largest absolute Gasteiger partial charge is 0.497 e. The summed E-state index contributed by atoms with van der Waals surface area (Å²) in [5, 5.41) is 11.7. The fourth-order valence-electron chi connectivity index (χ4n) is 4.38. The minimum atomic E-state index is -0.193. The Morgan fingerprint density at radius 3 is 2.45 bits per heavy atom. The third kappa shape index (κ3) is 7.21. The highest BCUT2D eigenvalue weighted by Crippen LogP contribution is 2.23. The number of hydrogen-bond donors (Lipinski definition) is 1. The van der Waals surface area contributed by atoms with Crippen molar-refractivity contribution in [2.75, 3.05) is 57.8 Å². The molecule has 9 heteroatoms. The van der Waals surface area contributed by atoms with Crippen molar-refractivity contribution in [2.24, 2.45) is 0 Å². The van der Waals surface area contributed by atoms with Gasteiger partial charge in [-0.05, 0) is 42.7 Å². The Labute approximate surface area is 224 Å². The van der Waals surface area contributed by atoms with Crippen molar-refractivity contribution in [3.63, 3.8) is 0 Å². The number of benzene rings is 2. The summed E-state index contributed by atoms with van der Waals surface area (Å²) in [6.45, 7) is 5.61. The molecule has 0 unspecified atom stereocenters. The van der Waals surface area contributed by atoms with Gasteiger partial charge in [-0.1, -0.05) is 49.4 Å². The maximum atomic E-state index is 13.1. The minimum Gasteiger partial charge on any atom is -0.497 e. The van der Waals surface area contributed by atoms with Crippen molar-refractivity contribution in [1.29, 1.82) is 0 Å². The van der Waals surface area contributed by atoms with Gasteiger partial charge in [0, 0.05) is 44.8 Å². The molecule has 3 amide bonds. The smallest absolute Gasteiger partial charge is 0.317 e. The predicted molar refractivity (Wildman–Crippen MR) is 148 cm³/mol. The molecule has 0 aliphatic carbocycles. The number of nitrogens with zero attached hydrogens (tertiary/aromatic N) is 5. The number of hydrogen-bond acceptors (Lipinski definition) is 6. The third-order valence-electron chi connectivity index (χ3n) is 6.63. The van der Waals surface area contributed by atoms with Crippen molar-refractivity contribution in [3.05, 3.63) is 72.3 Å². The van der Waals surface area contributed by atoms with Gasteiger partial charge in [-0.15, -0.1) is 10.2 Å². The van der Waals surface area contributed by atoms with Crippen LogP contribution in [0.3, 0.4) is 0 Å². The minimum absolute atomic E-state index is 0.0381. The number of methoxy groups -OCH3 is 1.